The van der Waals surface area contributed by atoms with Crippen molar-refractivity contribution in [3.05, 3.63) is 29.8 Å². The van der Waals surface area contributed by atoms with Crippen molar-refractivity contribution in [1.29, 1.82) is 0 Å². The Labute approximate surface area is 125 Å². The predicted molar refractivity (Wildman–Crippen MR) is 81.5 cm³/mol. The fourth-order valence-electron chi connectivity index (χ4n) is 2.26. The van der Waals surface area contributed by atoms with E-state index in [1.165, 1.54) is 0 Å². The molecule has 1 aliphatic rings. The molecule has 1 amide bonds. The second kappa shape index (κ2) is 7.78. The molecule has 0 bridgehead atoms. The topological polar surface area (TPSA) is 67.4 Å². The van der Waals surface area contributed by atoms with Gasteiger partial charge < -0.3 is 15.4 Å². The number of ether oxygens (including phenoxy) is 1. The van der Waals surface area contributed by atoms with E-state index in [0.29, 0.717) is 25.1 Å². The molecule has 2 rings (SSSR count). The third-order valence-corrected chi connectivity index (χ3v) is 3.52. The van der Waals surface area contributed by atoms with Crippen LogP contribution in [-0.4, -0.2) is 37.5 Å². The molecule has 1 aliphatic heterocycles. The zero-order chi connectivity index (χ0) is 15.1. The quantitative estimate of drug-likeness (QED) is 0.754. The molecule has 0 radical (unpaired) electrons. The van der Waals surface area contributed by atoms with Gasteiger partial charge in [-0.15, -0.1) is 0 Å². The summed E-state index contributed by atoms with van der Waals surface area (Å²) in [6.07, 6.45) is 2.71. The number of benzene rings is 1. The van der Waals surface area contributed by atoms with E-state index in [-0.39, 0.29) is 17.8 Å². The van der Waals surface area contributed by atoms with E-state index in [0.717, 1.165) is 25.1 Å². The molecular formula is C16H22N2O3. The monoisotopic (exact) mass is 290 g/mol. The van der Waals surface area contributed by atoms with Crippen LogP contribution >= 0.6 is 0 Å². The van der Waals surface area contributed by atoms with Gasteiger partial charge in [0.15, 0.2) is 5.78 Å². The molecule has 2 N–H and O–H groups in total. The van der Waals surface area contributed by atoms with E-state index in [1.54, 1.807) is 19.1 Å². The Morgan fingerprint density at radius 1 is 1.29 bits per heavy atom. The zero-order valence-corrected chi connectivity index (χ0v) is 12.4. The minimum Gasteiger partial charge on any atom is -0.385 e. The highest BCUT2D eigenvalue weighted by Crippen LogP contribution is 2.11. The van der Waals surface area contributed by atoms with Crippen molar-refractivity contribution in [2.45, 2.75) is 32.3 Å². The Kier molecular flexibility index (Phi) is 5.75. The lowest BCUT2D eigenvalue weighted by Gasteiger charge is -2.11. The van der Waals surface area contributed by atoms with Crippen molar-refractivity contribution >= 4 is 17.4 Å². The summed E-state index contributed by atoms with van der Waals surface area (Å²) in [6.45, 7) is 3.52. The first-order valence-corrected chi connectivity index (χ1v) is 7.38. The number of amides is 1. The minimum absolute atomic E-state index is 0.0263. The molecule has 0 saturated carbocycles. The Hall–Kier alpha value is -1.88. The van der Waals surface area contributed by atoms with Crippen LogP contribution in [0.1, 0.15) is 36.5 Å². The lowest BCUT2D eigenvalue weighted by atomic mass is 10.1. The Balaban J connectivity index is 1.63. The van der Waals surface area contributed by atoms with Gasteiger partial charge in [0, 0.05) is 37.4 Å². The van der Waals surface area contributed by atoms with E-state index in [1.807, 2.05) is 12.1 Å². The van der Waals surface area contributed by atoms with Crippen LogP contribution < -0.4 is 10.6 Å². The van der Waals surface area contributed by atoms with Gasteiger partial charge in [-0.1, -0.05) is 0 Å². The van der Waals surface area contributed by atoms with Crippen molar-refractivity contribution in [1.82, 2.24) is 5.32 Å². The van der Waals surface area contributed by atoms with Gasteiger partial charge in [-0.3, -0.25) is 9.59 Å². The molecule has 1 atom stereocenters. The normalized spacial score (nSPS) is 17.5. The first kappa shape index (κ1) is 15.5. The summed E-state index contributed by atoms with van der Waals surface area (Å²) in [4.78, 5) is 22.8. The van der Waals surface area contributed by atoms with E-state index in [9.17, 15) is 9.59 Å². The first-order chi connectivity index (χ1) is 10.1. The second-order valence-corrected chi connectivity index (χ2v) is 5.25. The van der Waals surface area contributed by atoms with E-state index >= 15 is 0 Å². The van der Waals surface area contributed by atoms with Gasteiger partial charge in [0.1, 0.15) is 0 Å². The summed E-state index contributed by atoms with van der Waals surface area (Å²) < 4.78 is 5.45. The standard InChI is InChI=1S/C16H22N2O3/c1-12(19)13-4-6-14(7-5-13)17-9-8-16(20)18-11-15-3-2-10-21-15/h4-7,15,17H,2-3,8-11H2,1H3,(H,18,20). The first-order valence-electron chi connectivity index (χ1n) is 7.38. The number of anilines is 1. The maximum atomic E-state index is 11.7. The lowest BCUT2D eigenvalue weighted by Crippen LogP contribution is -2.32. The summed E-state index contributed by atoms with van der Waals surface area (Å²) in [6, 6.07) is 7.26. The van der Waals surface area contributed by atoms with Gasteiger partial charge in [0.2, 0.25) is 5.91 Å². The highest BCUT2D eigenvalue weighted by atomic mass is 16.5. The molecule has 5 nitrogen and oxygen atoms in total. The Morgan fingerprint density at radius 2 is 2.05 bits per heavy atom. The van der Waals surface area contributed by atoms with Crippen LogP contribution in [-0.2, 0) is 9.53 Å². The molecule has 1 unspecified atom stereocenters. The average molecular weight is 290 g/mol. The smallest absolute Gasteiger partial charge is 0.221 e. The number of hydrogen-bond donors (Lipinski definition) is 2. The van der Waals surface area contributed by atoms with Crippen LogP contribution in [0, 0.1) is 0 Å². The van der Waals surface area contributed by atoms with E-state index in [4.69, 9.17) is 4.74 Å². The van der Waals surface area contributed by atoms with Gasteiger partial charge in [-0.25, -0.2) is 0 Å². The number of hydrogen-bond acceptors (Lipinski definition) is 4. The summed E-state index contributed by atoms with van der Waals surface area (Å²) >= 11 is 0. The maximum Gasteiger partial charge on any atom is 0.221 e. The fourth-order valence-corrected chi connectivity index (χ4v) is 2.26. The highest BCUT2D eigenvalue weighted by Gasteiger charge is 2.15. The van der Waals surface area contributed by atoms with Gasteiger partial charge in [0.25, 0.3) is 0 Å². The molecule has 1 fully saturated rings. The summed E-state index contributed by atoms with van der Waals surface area (Å²) in [7, 11) is 0. The number of carbonyl (C=O) groups is 2. The van der Waals surface area contributed by atoms with Crippen molar-refractivity contribution in [2.75, 3.05) is 25.0 Å². The van der Waals surface area contributed by atoms with Crippen LogP contribution in [0.3, 0.4) is 0 Å². The number of carbonyl (C=O) groups excluding carboxylic acids is 2. The van der Waals surface area contributed by atoms with Crippen molar-refractivity contribution in [2.24, 2.45) is 0 Å². The minimum atomic E-state index is 0.0263. The Morgan fingerprint density at radius 3 is 2.67 bits per heavy atom. The molecule has 114 valence electrons. The van der Waals surface area contributed by atoms with Crippen molar-refractivity contribution in [3.63, 3.8) is 0 Å². The van der Waals surface area contributed by atoms with Crippen molar-refractivity contribution in [3.8, 4) is 0 Å². The SMILES string of the molecule is CC(=O)c1ccc(NCCC(=O)NCC2CCCO2)cc1. The number of nitrogens with one attached hydrogen (secondary N) is 2. The van der Waals surface area contributed by atoms with Gasteiger partial charge >= 0.3 is 0 Å². The van der Waals surface area contributed by atoms with Gasteiger partial charge in [-0.05, 0) is 44.0 Å². The molecule has 5 heteroatoms. The molecular weight excluding hydrogens is 268 g/mol. The van der Waals surface area contributed by atoms with Crippen LogP contribution in [0.4, 0.5) is 5.69 Å². The second-order valence-electron chi connectivity index (χ2n) is 5.25. The molecule has 1 aromatic rings. The van der Waals surface area contributed by atoms with E-state index in [2.05, 4.69) is 10.6 Å². The molecule has 0 spiro atoms. The largest absolute Gasteiger partial charge is 0.385 e. The number of Topliss-reactive ketones (excluding diaryl/α,β-unsaturated/α-hetero) is 1. The molecule has 0 aromatic heterocycles. The van der Waals surface area contributed by atoms with Crippen LogP contribution in [0.5, 0.6) is 0 Å². The fraction of sp³-hybridized carbons (Fsp3) is 0.500. The maximum absolute atomic E-state index is 11.7. The number of ketones is 1. The lowest BCUT2D eigenvalue weighted by molar-refractivity contribution is -0.121. The van der Waals surface area contributed by atoms with E-state index < -0.39 is 0 Å². The van der Waals surface area contributed by atoms with Crippen molar-refractivity contribution < 1.29 is 14.3 Å². The third-order valence-electron chi connectivity index (χ3n) is 3.52. The van der Waals surface area contributed by atoms with Crippen LogP contribution in [0.25, 0.3) is 0 Å². The van der Waals surface area contributed by atoms with Crippen LogP contribution in [0.15, 0.2) is 24.3 Å². The van der Waals surface area contributed by atoms with Gasteiger partial charge in [0.05, 0.1) is 6.10 Å². The summed E-state index contributed by atoms with van der Waals surface area (Å²) in [5, 5.41) is 6.05. The molecule has 21 heavy (non-hydrogen) atoms. The van der Waals surface area contributed by atoms with Crippen LogP contribution in [0.2, 0.25) is 0 Å². The zero-order valence-electron chi connectivity index (χ0n) is 12.4. The summed E-state index contributed by atoms with van der Waals surface area (Å²) in [5.74, 6) is 0.0772. The highest BCUT2D eigenvalue weighted by molar-refractivity contribution is 5.94. The molecule has 1 saturated heterocycles. The Bertz CT molecular complexity index is 479. The molecule has 1 heterocycles. The summed E-state index contributed by atoms with van der Waals surface area (Å²) in [5.41, 5.74) is 1.60. The molecule has 0 aliphatic carbocycles. The molecule has 1 aromatic carbocycles. The third kappa shape index (κ3) is 5.19. The van der Waals surface area contributed by atoms with Gasteiger partial charge in [-0.2, -0.15) is 0 Å². The average Bonchev–Trinajstić information content (AvgIpc) is 2.99. The predicted octanol–water partition coefficient (Wildman–Crippen LogP) is 1.99. The number of rotatable bonds is 7.